The SMILES string of the molecule is O=C(NN=Cc1ccc(-c2ncn(-c3ccc(OC(F)(F)F)cc3)n2)cc1)Nc1ccc(F)cc1. The van der Waals surface area contributed by atoms with Gasteiger partial charge in [0.1, 0.15) is 17.9 Å². The van der Waals surface area contributed by atoms with Gasteiger partial charge in [0, 0.05) is 11.3 Å². The van der Waals surface area contributed by atoms with E-state index in [0.29, 0.717) is 28.3 Å². The number of amides is 2. The highest BCUT2D eigenvalue weighted by Crippen LogP contribution is 2.24. The van der Waals surface area contributed by atoms with Gasteiger partial charge >= 0.3 is 12.4 Å². The van der Waals surface area contributed by atoms with Crippen LogP contribution in [0.5, 0.6) is 5.75 Å². The molecule has 0 fully saturated rings. The first kappa shape index (κ1) is 23.4. The van der Waals surface area contributed by atoms with E-state index in [1.807, 2.05) is 0 Å². The molecule has 12 heteroatoms. The van der Waals surface area contributed by atoms with Crippen molar-refractivity contribution in [2.24, 2.45) is 5.10 Å². The molecule has 35 heavy (non-hydrogen) atoms. The summed E-state index contributed by atoms with van der Waals surface area (Å²) in [7, 11) is 0. The molecular formula is C23H16F4N6O2. The molecule has 1 aromatic heterocycles. The highest BCUT2D eigenvalue weighted by molar-refractivity contribution is 5.90. The molecule has 2 N–H and O–H groups in total. The van der Waals surface area contributed by atoms with Crippen LogP contribution >= 0.6 is 0 Å². The fourth-order valence-electron chi connectivity index (χ4n) is 2.90. The number of aromatic nitrogens is 3. The van der Waals surface area contributed by atoms with Crippen LogP contribution in [0.25, 0.3) is 17.1 Å². The molecule has 3 aromatic carbocycles. The van der Waals surface area contributed by atoms with Crippen molar-refractivity contribution in [3.63, 3.8) is 0 Å². The fraction of sp³-hybridized carbons (Fsp3) is 0.0435. The second-order valence-electron chi connectivity index (χ2n) is 7.01. The van der Waals surface area contributed by atoms with Crippen LogP contribution in [0.1, 0.15) is 5.56 Å². The van der Waals surface area contributed by atoms with Gasteiger partial charge < -0.3 is 10.1 Å². The van der Waals surface area contributed by atoms with E-state index in [-0.39, 0.29) is 5.75 Å². The van der Waals surface area contributed by atoms with Crippen LogP contribution in [0.15, 0.2) is 84.2 Å². The molecule has 178 valence electrons. The zero-order valence-corrected chi connectivity index (χ0v) is 17.7. The molecule has 1 heterocycles. The average Bonchev–Trinajstić information content (AvgIpc) is 3.31. The summed E-state index contributed by atoms with van der Waals surface area (Å²) < 4.78 is 55.0. The number of nitrogens with zero attached hydrogens (tertiary/aromatic N) is 4. The van der Waals surface area contributed by atoms with Gasteiger partial charge in [0.05, 0.1) is 11.9 Å². The number of hydrazone groups is 1. The van der Waals surface area contributed by atoms with Gasteiger partial charge in [-0.05, 0) is 54.1 Å². The maximum atomic E-state index is 12.9. The number of rotatable bonds is 6. The van der Waals surface area contributed by atoms with Crippen LogP contribution in [0, 0.1) is 5.82 Å². The van der Waals surface area contributed by atoms with Gasteiger partial charge in [-0.25, -0.2) is 24.3 Å². The van der Waals surface area contributed by atoms with Crippen molar-refractivity contribution in [1.29, 1.82) is 0 Å². The molecular weight excluding hydrogens is 468 g/mol. The molecule has 8 nitrogen and oxygen atoms in total. The Morgan fingerprint density at radius 2 is 1.66 bits per heavy atom. The zero-order valence-electron chi connectivity index (χ0n) is 17.7. The number of benzene rings is 3. The predicted molar refractivity (Wildman–Crippen MR) is 120 cm³/mol. The number of nitrogens with one attached hydrogen (secondary N) is 2. The van der Waals surface area contributed by atoms with Crippen LogP contribution in [0.3, 0.4) is 0 Å². The lowest BCUT2D eigenvalue weighted by Gasteiger charge is -2.09. The molecule has 0 aliphatic rings. The quantitative estimate of drug-likeness (QED) is 0.226. The van der Waals surface area contributed by atoms with Gasteiger partial charge in [0.2, 0.25) is 0 Å². The van der Waals surface area contributed by atoms with Crippen molar-refractivity contribution in [3.05, 3.63) is 90.5 Å². The average molecular weight is 484 g/mol. The molecule has 0 atom stereocenters. The van der Waals surface area contributed by atoms with Crippen LogP contribution in [-0.2, 0) is 0 Å². The lowest BCUT2D eigenvalue weighted by atomic mass is 10.1. The number of carbonyl (C=O) groups excluding carboxylic acids is 1. The summed E-state index contributed by atoms with van der Waals surface area (Å²) in [6.07, 6.45) is -1.89. The van der Waals surface area contributed by atoms with Gasteiger partial charge in [-0.3, -0.25) is 0 Å². The number of hydrogen-bond donors (Lipinski definition) is 2. The first-order chi connectivity index (χ1) is 16.7. The Morgan fingerprint density at radius 3 is 2.31 bits per heavy atom. The molecule has 0 radical (unpaired) electrons. The Kier molecular flexibility index (Phi) is 6.71. The number of anilines is 1. The highest BCUT2D eigenvalue weighted by atomic mass is 19.4. The van der Waals surface area contributed by atoms with E-state index in [1.54, 1.807) is 24.3 Å². The fourth-order valence-corrected chi connectivity index (χ4v) is 2.90. The van der Waals surface area contributed by atoms with Crippen LogP contribution in [-0.4, -0.2) is 33.4 Å². The maximum Gasteiger partial charge on any atom is 0.573 e. The minimum absolute atomic E-state index is 0.332. The molecule has 4 rings (SSSR count). The second-order valence-corrected chi connectivity index (χ2v) is 7.01. The van der Waals surface area contributed by atoms with Gasteiger partial charge in [-0.1, -0.05) is 24.3 Å². The Hall–Kier alpha value is -4.74. The number of ether oxygens (including phenoxy) is 1. The van der Waals surface area contributed by atoms with Crippen molar-refractivity contribution in [3.8, 4) is 22.8 Å². The van der Waals surface area contributed by atoms with E-state index in [4.69, 9.17) is 0 Å². The number of urea groups is 1. The van der Waals surface area contributed by atoms with Gasteiger partial charge in [-0.15, -0.1) is 18.3 Å². The third-order valence-electron chi connectivity index (χ3n) is 4.48. The standard InChI is InChI=1S/C23H16F4N6O2/c24-17-5-7-18(8-6-17)30-22(34)31-29-13-15-1-3-16(4-2-15)21-28-14-33(32-21)19-9-11-20(12-10-19)35-23(25,26)27/h1-14H,(H2,30,31,34). The summed E-state index contributed by atoms with van der Waals surface area (Å²) >= 11 is 0. The summed E-state index contributed by atoms with van der Waals surface area (Å²) in [5.41, 5.74) is 4.61. The zero-order chi connectivity index (χ0) is 24.8. The van der Waals surface area contributed by atoms with E-state index in [1.165, 1.54) is 65.8 Å². The maximum absolute atomic E-state index is 12.9. The Bertz CT molecular complexity index is 1320. The van der Waals surface area contributed by atoms with Crippen molar-refractivity contribution < 1.29 is 27.1 Å². The topological polar surface area (TPSA) is 93.4 Å². The van der Waals surface area contributed by atoms with Crippen LogP contribution in [0.2, 0.25) is 0 Å². The number of carbonyl (C=O) groups is 1. The molecule has 0 unspecified atom stereocenters. The minimum atomic E-state index is -4.76. The third kappa shape index (κ3) is 6.63. The second kappa shape index (κ2) is 10.0. The summed E-state index contributed by atoms with van der Waals surface area (Å²) in [5, 5.41) is 10.7. The Morgan fingerprint density at radius 1 is 0.971 bits per heavy atom. The normalized spacial score (nSPS) is 11.4. The summed E-state index contributed by atoms with van der Waals surface area (Å²) in [6.45, 7) is 0. The summed E-state index contributed by atoms with van der Waals surface area (Å²) in [6, 6.07) is 16.9. The first-order valence-electron chi connectivity index (χ1n) is 9.99. The van der Waals surface area contributed by atoms with Crippen LogP contribution in [0.4, 0.5) is 28.0 Å². The van der Waals surface area contributed by atoms with Crippen LogP contribution < -0.4 is 15.5 Å². The van der Waals surface area contributed by atoms with E-state index in [9.17, 15) is 22.4 Å². The molecule has 0 bridgehead atoms. The molecule has 0 spiro atoms. The number of halogens is 4. The van der Waals surface area contributed by atoms with Gasteiger partial charge in [0.25, 0.3) is 0 Å². The van der Waals surface area contributed by atoms with Gasteiger partial charge in [0.15, 0.2) is 5.82 Å². The monoisotopic (exact) mass is 484 g/mol. The molecule has 0 aliphatic heterocycles. The van der Waals surface area contributed by atoms with Crippen molar-refractivity contribution in [1.82, 2.24) is 20.2 Å². The molecule has 0 aliphatic carbocycles. The van der Waals surface area contributed by atoms with E-state index < -0.39 is 18.2 Å². The van der Waals surface area contributed by atoms with Crippen molar-refractivity contribution in [2.45, 2.75) is 6.36 Å². The van der Waals surface area contributed by atoms with E-state index >= 15 is 0 Å². The van der Waals surface area contributed by atoms with E-state index in [0.717, 1.165) is 0 Å². The van der Waals surface area contributed by atoms with Crippen molar-refractivity contribution >= 4 is 17.9 Å². The molecule has 4 aromatic rings. The molecule has 2 amide bonds. The highest BCUT2D eigenvalue weighted by Gasteiger charge is 2.31. The minimum Gasteiger partial charge on any atom is -0.406 e. The third-order valence-corrected chi connectivity index (χ3v) is 4.48. The number of alkyl halides is 3. The van der Waals surface area contributed by atoms with Crippen molar-refractivity contribution in [2.75, 3.05) is 5.32 Å². The largest absolute Gasteiger partial charge is 0.573 e. The first-order valence-corrected chi connectivity index (χ1v) is 9.99. The Labute approximate surface area is 195 Å². The summed E-state index contributed by atoms with van der Waals surface area (Å²) in [4.78, 5) is 16.0. The number of hydrogen-bond acceptors (Lipinski definition) is 5. The lowest BCUT2D eigenvalue weighted by molar-refractivity contribution is -0.274. The van der Waals surface area contributed by atoms with Gasteiger partial charge in [-0.2, -0.15) is 5.10 Å². The van der Waals surface area contributed by atoms with E-state index in [2.05, 4.69) is 30.7 Å². The molecule has 0 saturated carbocycles. The predicted octanol–water partition coefficient (Wildman–Crippen LogP) is 5.13. The summed E-state index contributed by atoms with van der Waals surface area (Å²) in [5.74, 6) is -0.338. The smallest absolute Gasteiger partial charge is 0.406 e. The Balaban J connectivity index is 1.34. The molecule has 0 saturated heterocycles. The lowest BCUT2D eigenvalue weighted by Crippen LogP contribution is -2.24.